The Morgan fingerprint density at radius 3 is 2.60 bits per heavy atom. The third-order valence-corrected chi connectivity index (χ3v) is 7.16. The molecule has 40 heavy (non-hydrogen) atoms. The van der Waals surface area contributed by atoms with E-state index >= 15 is 0 Å². The Balaban J connectivity index is 1.45. The van der Waals surface area contributed by atoms with Gasteiger partial charge < -0.3 is 16.1 Å². The average Bonchev–Trinajstić information content (AvgIpc) is 3.67. The van der Waals surface area contributed by atoms with Crippen molar-refractivity contribution < 1.29 is 13.2 Å². The molecular weight excluding hydrogens is 542 g/mol. The Kier molecular flexibility index (Phi) is 6.36. The van der Waals surface area contributed by atoms with Gasteiger partial charge in [-0.15, -0.1) is 5.53 Å². The van der Waals surface area contributed by atoms with Gasteiger partial charge in [0.2, 0.25) is 11.9 Å². The smallest absolute Gasteiger partial charge is 0.249 e. The first-order chi connectivity index (χ1) is 19.2. The highest BCUT2D eigenvalue weighted by Crippen LogP contribution is 2.38. The van der Waals surface area contributed by atoms with Crippen LogP contribution in [0, 0.1) is 29.0 Å². The minimum absolute atomic E-state index is 0.131. The number of nitrogens with one attached hydrogen (secondary N) is 4. The van der Waals surface area contributed by atoms with Crippen molar-refractivity contribution in [3.05, 3.63) is 94.7 Å². The van der Waals surface area contributed by atoms with Crippen LogP contribution < -0.4 is 21.6 Å². The van der Waals surface area contributed by atoms with Crippen LogP contribution in [0.15, 0.2) is 60.8 Å². The summed E-state index contributed by atoms with van der Waals surface area (Å²) in [6.45, 7) is 0. The Morgan fingerprint density at radius 2 is 1.90 bits per heavy atom. The van der Waals surface area contributed by atoms with Gasteiger partial charge >= 0.3 is 0 Å². The predicted octanol–water partition coefficient (Wildman–Crippen LogP) is 3.94. The Morgan fingerprint density at radius 1 is 1.07 bits per heavy atom. The van der Waals surface area contributed by atoms with E-state index in [4.69, 9.17) is 11.6 Å². The number of benzene rings is 1. The molecule has 0 spiro atoms. The lowest BCUT2D eigenvalue weighted by atomic mass is 9.70. The normalized spacial score (nSPS) is 16.2. The number of rotatable bonds is 7. The molecule has 0 bridgehead atoms. The zero-order chi connectivity index (χ0) is 28.0. The second-order valence-corrected chi connectivity index (χ2v) is 10.1. The lowest BCUT2D eigenvalue weighted by molar-refractivity contribution is 0.260. The highest BCUT2D eigenvalue weighted by molar-refractivity contribution is 6.36. The lowest BCUT2D eigenvalue weighted by Gasteiger charge is -2.33. The predicted molar refractivity (Wildman–Crippen MR) is 146 cm³/mol. The number of hydrogen-bond acceptors (Lipinski definition) is 9. The van der Waals surface area contributed by atoms with E-state index < -0.39 is 23.2 Å². The lowest BCUT2D eigenvalue weighted by Crippen LogP contribution is -2.45. The first-order valence-electron chi connectivity index (χ1n) is 12.3. The summed E-state index contributed by atoms with van der Waals surface area (Å²) in [6, 6.07) is 9.73. The quantitative estimate of drug-likeness (QED) is 0.197. The second-order valence-electron chi connectivity index (χ2n) is 9.67. The molecular formula is C26H20BClF3N9. The molecule has 1 aromatic carbocycles. The number of anilines is 3. The molecule has 0 amide bonds. The van der Waals surface area contributed by atoms with Crippen LogP contribution in [0.5, 0.6) is 0 Å². The number of aromatic nitrogens is 3. The molecule has 4 N–H and O–H groups in total. The summed E-state index contributed by atoms with van der Waals surface area (Å²) in [6.07, 6.45) is 8.00. The van der Waals surface area contributed by atoms with Crippen LogP contribution in [-0.4, -0.2) is 33.8 Å². The van der Waals surface area contributed by atoms with Crippen molar-refractivity contribution in [2.24, 2.45) is 0 Å². The largest absolute Gasteiger partial charge is 0.378 e. The molecule has 6 rings (SSSR count). The van der Waals surface area contributed by atoms with Gasteiger partial charge in [0.15, 0.2) is 5.82 Å². The van der Waals surface area contributed by atoms with Gasteiger partial charge in [-0.3, -0.25) is 9.99 Å². The van der Waals surface area contributed by atoms with Crippen LogP contribution in [0.1, 0.15) is 24.0 Å². The Bertz CT molecular complexity index is 1710. The van der Waals surface area contributed by atoms with E-state index in [0.717, 1.165) is 30.8 Å². The Labute approximate surface area is 232 Å². The fraction of sp³-hybridized carbons (Fsp3) is 0.154. The van der Waals surface area contributed by atoms with Crippen LogP contribution >= 0.6 is 11.6 Å². The molecule has 4 heterocycles. The van der Waals surface area contributed by atoms with Crippen molar-refractivity contribution in [1.29, 1.82) is 5.26 Å². The summed E-state index contributed by atoms with van der Waals surface area (Å²) in [5.74, 6) is -2.99. The Hall–Kier alpha value is -4.54. The third kappa shape index (κ3) is 4.72. The third-order valence-electron chi connectivity index (χ3n) is 6.88. The van der Waals surface area contributed by atoms with E-state index in [-0.39, 0.29) is 22.0 Å². The summed E-state index contributed by atoms with van der Waals surface area (Å²) in [4.78, 5) is 11.6. The van der Waals surface area contributed by atoms with E-state index in [2.05, 4.69) is 42.6 Å². The summed E-state index contributed by atoms with van der Waals surface area (Å²) in [5.41, 5.74) is 8.33. The highest BCUT2D eigenvalue weighted by atomic mass is 35.5. The van der Waals surface area contributed by atoms with Gasteiger partial charge in [0.1, 0.15) is 13.9 Å². The first kappa shape index (κ1) is 25.7. The summed E-state index contributed by atoms with van der Waals surface area (Å²) >= 11 is 6.66. The molecule has 1 unspecified atom stereocenters. The van der Waals surface area contributed by atoms with Crippen molar-refractivity contribution >= 4 is 47.4 Å². The molecule has 1 aliphatic carbocycles. The maximum absolute atomic E-state index is 13.9. The second kappa shape index (κ2) is 9.89. The van der Waals surface area contributed by atoms with Crippen LogP contribution in [0.2, 0.25) is 5.02 Å². The number of nitriles is 1. The van der Waals surface area contributed by atoms with Gasteiger partial charge in [-0.25, -0.2) is 14.4 Å². The van der Waals surface area contributed by atoms with Crippen molar-refractivity contribution in [2.45, 2.75) is 24.3 Å². The summed E-state index contributed by atoms with van der Waals surface area (Å²) < 4.78 is 41.0. The maximum atomic E-state index is 13.9. The fourth-order valence-electron chi connectivity index (χ4n) is 4.57. The molecule has 1 aliphatic heterocycles. The molecule has 200 valence electrons. The highest BCUT2D eigenvalue weighted by Gasteiger charge is 2.38. The number of hydrogen-bond donors (Lipinski definition) is 4. The number of nitrogens with zero attached hydrogens (tertiary/aromatic N) is 5. The number of hydrazine groups is 2. The number of pyridine rings is 3. The number of halogens is 4. The molecule has 0 radical (unpaired) electrons. The monoisotopic (exact) mass is 561 g/mol. The van der Waals surface area contributed by atoms with Crippen molar-refractivity contribution in [2.75, 3.05) is 10.6 Å². The molecule has 14 heteroatoms. The molecule has 1 saturated carbocycles. The minimum Gasteiger partial charge on any atom is -0.378 e. The van der Waals surface area contributed by atoms with Gasteiger partial charge in [-0.05, 0) is 36.6 Å². The minimum atomic E-state index is -1.24. The average molecular weight is 562 g/mol. The van der Waals surface area contributed by atoms with Gasteiger partial charge in [0, 0.05) is 41.8 Å². The van der Waals surface area contributed by atoms with E-state index in [1.54, 1.807) is 18.2 Å². The summed E-state index contributed by atoms with van der Waals surface area (Å²) in [5, 5.41) is 18.9. The van der Waals surface area contributed by atoms with E-state index in [1.807, 2.05) is 19.1 Å². The first-order valence-corrected chi connectivity index (χ1v) is 12.7. The standard InChI is InChI=1S/C26H20BClF3N9/c27-26(14-1-4-22(30)33-10-14,21-12-40(39-38-21)17-2-3-17)37-15-5-18-23(36-16-7-20(29)25(31)35-11-16)13(8-32)9-34-24(18)19(28)6-15/h1,4-7,9-12,17,37-39H,2-3,27H2,(H,34,36). The SMILES string of the molecule is BC(Nc1cc(Cl)c2ncc(C#N)c(Nc3cnc(F)c(F)c3)c2c1)(C1=CN(C2CC2)NN1)c1ccc(F)nc1. The van der Waals surface area contributed by atoms with E-state index in [0.29, 0.717) is 28.2 Å². The zero-order valence-corrected chi connectivity index (χ0v) is 21.7. The zero-order valence-electron chi connectivity index (χ0n) is 20.9. The van der Waals surface area contributed by atoms with Crippen LogP contribution in [0.4, 0.5) is 30.2 Å². The molecule has 0 saturated heterocycles. The molecule has 1 atom stereocenters. The van der Waals surface area contributed by atoms with Gasteiger partial charge in [0.25, 0.3) is 0 Å². The van der Waals surface area contributed by atoms with Crippen molar-refractivity contribution in [1.82, 2.24) is 30.9 Å². The van der Waals surface area contributed by atoms with E-state index in [9.17, 15) is 18.4 Å². The van der Waals surface area contributed by atoms with Crippen LogP contribution in [-0.2, 0) is 5.44 Å². The van der Waals surface area contributed by atoms with E-state index in [1.165, 1.54) is 18.5 Å². The molecule has 2 aliphatic rings. The number of fused-ring (bicyclic) bond motifs is 1. The van der Waals surface area contributed by atoms with Crippen molar-refractivity contribution in [3.8, 4) is 6.07 Å². The molecule has 1 fully saturated rings. The van der Waals surface area contributed by atoms with Crippen molar-refractivity contribution in [3.63, 3.8) is 0 Å². The molecule has 3 aromatic heterocycles. The topological polar surface area (TPSA) is 114 Å². The maximum Gasteiger partial charge on any atom is 0.249 e. The van der Waals surface area contributed by atoms with Gasteiger partial charge in [-0.1, -0.05) is 17.7 Å². The molecule has 9 nitrogen and oxygen atoms in total. The van der Waals surface area contributed by atoms with Gasteiger partial charge in [0.05, 0.1) is 44.8 Å². The summed E-state index contributed by atoms with van der Waals surface area (Å²) in [7, 11) is 1.91. The fourth-order valence-corrected chi connectivity index (χ4v) is 4.84. The van der Waals surface area contributed by atoms with Crippen LogP contribution in [0.3, 0.4) is 0 Å². The van der Waals surface area contributed by atoms with Crippen LogP contribution in [0.25, 0.3) is 10.9 Å². The van der Waals surface area contributed by atoms with Gasteiger partial charge in [-0.2, -0.15) is 14.0 Å². The molecule has 4 aromatic rings.